The summed E-state index contributed by atoms with van der Waals surface area (Å²) in [7, 11) is 0. The van der Waals surface area contributed by atoms with Crippen molar-refractivity contribution in [2.45, 2.75) is 25.5 Å². The fraction of sp³-hybridized carbons (Fsp3) is 0.429. The van der Waals surface area contributed by atoms with Crippen LogP contribution in [0.3, 0.4) is 0 Å². The number of rotatable bonds is 3. The fourth-order valence-electron chi connectivity index (χ4n) is 2.39. The molecular weight excluding hydrogens is 386 g/mol. The summed E-state index contributed by atoms with van der Waals surface area (Å²) in [6, 6.07) is -0.691. The molecule has 0 atom stereocenters. The van der Waals surface area contributed by atoms with Crippen LogP contribution >= 0.6 is 0 Å². The Kier molecular flexibility index (Phi) is 4.80. The average Bonchev–Trinajstić information content (AvgIpc) is 2.59. The second-order valence-corrected chi connectivity index (χ2v) is 5.42. The smallest absolute Gasteiger partial charge is 0.434 e. The van der Waals surface area contributed by atoms with E-state index in [0.29, 0.717) is 0 Å². The van der Waals surface area contributed by atoms with Crippen LogP contribution in [0.15, 0.2) is 17.2 Å². The molecule has 2 aromatic rings. The van der Waals surface area contributed by atoms with E-state index in [0.717, 1.165) is 17.0 Å². The summed E-state index contributed by atoms with van der Waals surface area (Å²) < 4.78 is 86.8. The van der Waals surface area contributed by atoms with Crippen LogP contribution < -0.4 is 10.3 Å². The Bertz CT molecular complexity index is 892. The Balaban J connectivity index is 2.04. The number of hydrogen-bond donors (Lipinski definition) is 0. The number of nitrogens with zero attached hydrogens (tertiary/aromatic N) is 4. The number of fused-ring (bicyclic) bond motifs is 1. The number of alkyl halides is 6. The second-order valence-electron chi connectivity index (χ2n) is 5.42. The lowest BCUT2D eigenvalue weighted by atomic mass is 10.1. The average molecular weight is 396 g/mol. The summed E-state index contributed by atoms with van der Waals surface area (Å²) in [4.78, 5) is 22.9. The molecule has 146 valence electrons. The van der Waals surface area contributed by atoms with Crippen LogP contribution in [0.2, 0.25) is 0 Å². The van der Waals surface area contributed by atoms with Gasteiger partial charge in [0.25, 0.3) is 5.56 Å². The molecule has 0 fully saturated rings. The van der Waals surface area contributed by atoms with Crippen molar-refractivity contribution in [2.24, 2.45) is 0 Å². The van der Waals surface area contributed by atoms with Crippen LogP contribution in [0.4, 0.5) is 26.3 Å². The van der Waals surface area contributed by atoms with E-state index < -0.39 is 41.8 Å². The molecule has 0 N–H and O–H groups in total. The van der Waals surface area contributed by atoms with Crippen molar-refractivity contribution in [3.63, 3.8) is 0 Å². The molecule has 0 aromatic carbocycles. The van der Waals surface area contributed by atoms with Gasteiger partial charge in [-0.05, 0) is 0 Å². The highest BCUT2D eigenvalue weighted by molar-refractivity contribution is 5.64. The first-order chi connectivity index (χ1) is 12.6. The van der Waals surface area contributed by atoms with Crippen molar-refractivity contribution in [2.75, 3.05) is 13.2 Å². The van der Waals surface area contributed by atoms with E-state index in [-0.39, 0.29) is 31.1 Å². The van der Waals surface area contributed by atoms with Gasteiger partial charge in [0.2, 0.25) is 0 Å². The van der Waals surface area contributed by atoms with Gasteiger partial charge in [0.05, 0.1) is 18.7 Å². The standard InChI is InChI=1S/C14H10F6N4O3/c15-13(16,17)6-27-12-21-3-7(4-22-12)9-10(14(18,19)20)23-8-5-26-2-1-24(8)11(9)25/h3-4H,1-2,5-6H2. The molecule has 0 unspecified atom stereocenters. The lowest BCUT2D eigenvalue weighted by Crippen LogP contribution is -2.35. The van der Waals surface area contributed by atoms with E-state index in [1.54, 1.807) is 0 Å². The van der Waals surface area contributed by atoms with Crippen molar-refractivity contribution in [3.8, 4) is 17.1 Å². The molecule has 13 heteroatoms. The molecule has 3 rings (SSSR count). The van der Waals surface area contributed by atoms with Crippen LogP contribution in [-0.4, -0.2) is 38.9 Å². The topological polar surface area (TPSA) is 79.1 Å². The highest BCUT2D eigenvalue weighted by Gasteiger charge is 2.39. The largest absolute Gasteiger partial charge is 0.454 e. The Morgan fingerprint density at radius 2 is 1.81 bits per heavy atom. The highest BCUT2D eigenvalue weighted by atomic mass is 19.4. The fourth-order valence-corrected chi connectivity index (χ4v) is 2.39. The first-order valence-electron chi connectivity index (χ1n) is 7.37. The molecule has 0 saturated carbocycles. The second kappa shape index (κ2) is 6.79. The molecule has 7 nitrogen and oxygen atoms in total. The molecule has 0 radical (unpaired) electrons. The highest BCUT2D eigenvalue weighted by Crippen LogP contribution is 2.34. The van der Waals surface area contributed by atoms with Crippen molar-refractivity contribution in [3.05, 3.63) is 34.3 Å². The van der Waals surface area contributed by atoms with Crippen molar-refractivity contribution >= 4 is 0 Å². The van der Waals surface area contributed by atoms with E-state index >= 15 is 0 Å². The molecule has 1 aliphatic heterocycles. The minimum atomic E-state index is -4.95. The summed E-state index contributed by atoms with van der Waals surface area (Å²) in [6.07, 6.45) is -8.03. The Morgan fingerprint density at radius 1 is 1.15 bits per heavy atom. The minimum Gasteiger partial charge on any atom is -0.454 e. The zero-order valence-electron chi connectivity index (χ0n) is 13.3. The molecule has 2 aromatic heterocycles. The van der Waals surface area contributed by atoms with E-state index in [9.17, 15) is 31.1 Å². The summed E-state index contributed by atoms with van der Waals surface area (Å²) in [5.74, 6) is -0.173. The maximum atomic E-state index is 13.4. The molecule has 0 aliphatic carbocycles. The quantitative estimate of drug-likeness (QED) is 0.741. The predicted molar refractivity (Wildman–Crippen MR) is 75.7 cm³/mol. The van der Waals surface area contributed by atoms with Gasteiger partial charge in [0.15, 0.2) is 12.3 Å². The summed E-state index contributed by atoms with van der Waals surface area (Å²) in [5, 5.41) is 0. The van der Waals surface area contributed by atoms with E-state index in [1.807, 2.05) is 0 Å². The van der Waals surface area contributed by atoms with Gasteiger partial charge in [-0.1, -0.05) is 0 Å². The van der Waals surface area contributed by atoms with Gasteiger partial charge >= 0.3 is 18.4 Å². The van der Waals surface area contributed by atoms with Crippen LogP contribution in [0.5, 0.6) is 6.01 Å². The molecule has 3 heterocycles. The van der Waals surface area contributed by atoms with Gasteiger partial charge in [-0.3, -0.25) is 9.36 Å². The zero-order chi connectivity index (χ0) is 19.8. The normalized spacial score (nSPS) is 14.7. The lowest BCUT2D eigenvalue weighted by Gasteiger charge is -2.21. The monoisotopic (exact) mass is 396 g/mol. The van der Waals surface area contributed by atoms with Gasteiger partial charge < -0.3 is 9.47 Å². The van der Waals surface area contributed by atoms with Gasteiger partial charge in [0.1, 0.15) is 12.4 Å². The van der Waals surface area contributed by atoms with Crippen LogP contribution in [0, 0.1) is 0 Å². The van der Waals surface area contributed by atoms with Crippen molar-refractivity contribution < 1.29 is 35.8 Å². The number of ether oxygens (including phenoxy) is 2. The third kappa shape index (κ3) is 4.18. The SMILES string of the molecule is O=c1c(-c2cnc(OCC(F)(F)F)nc2)c(C(F)(F)F)nc2n1CCOC2. The minimum absolute atomic E-state index is 0.0138. The van der Waals surface area contributed by atoms with Crippen molar-refractivity contribution in [1.82, 2.24) is 19.5 Å². The summed E-state index contributed by atoms with van der Waals surface area (Å²) in [5.41, 5.74) is -3.56. The number of halogens is 6. The Hall–Kier alpha value is -2.70. The summed E-state index contributed by atoms with van der Waals surface area (Å²) >= 11 is 0. The van der Waals surface area contributed by atoms with E-state index in [1.165, 1.54) is 0 Å². The zero-order valence-corrected chi connectivity index (χ0v) is 13.3. The number of aromatic nitrogens is 4. The van der Waals surface area contributed by atoms with Crippen molar-refractivity contribution in [1.29, 1.82) is 0 Å². The van der Waals surface area contributed by atoms with E-state index in [4.69, 9.17) is 4.74 Å². The van der Waals surface area contributed by atoms with Gasteiger partial charge in [0, 0.05) is 18.0 Å². The Morgan fingerprint density at radius 3 is 2.41 bits per heavy atom. The third-order valence-electron chi connectivity index (χ3n) is 3.49. The molecule has 1 aliphatic rings. The molecular formula is C14H10F6N4O3. The maximum Gasteiger partial charge on any atom is 0.434 e. The molecule has 0 spiro atoms. The Labute approximate surface area is 146 Å². The van der Waals surface area contributed by atoms with Gasteiger partial charge in [-0.2, -0.15) is 26.3 Å². The van der Waals surface area contributed by atoms with Crippen LogP contribution in [0.1, 0.15) is 11.5 Å². The maximum absolute atomic E-state index is 13.4. The molecule has 0 bridgehead atoms. The first kappa shape index (κ1) is 19.1. The number of hydrogen-bond acceptors (Lipinski definition) is 6. The third-order valence-corrected chi connectivity index (χ3v) is 3.49. The van der Waals surface area contributed by atoms with Gasteiger partial charge in [-0.15, -0.1) is 0 Å². The summed E-state index contributed by atoms with van der Waals surface area (Å²) in [6.45, 7) is -1.78. The molecule has 27 heavy (non-hydrogen) atoms. The van der Waals surface area contributed by atoms with Crippen LogP contribution in [-0.2, 0) is 24.1 Å². The molecule has 0 amide bonds. The van der Waals surface area contributed by atoms with Gasteiger partial charge in [-0.25, -0.2) is 15.0 Å². The van der Waals surface area contributed by atoms with Crippen LogP contribution in [0.25, 0.3) is 11.1 Å². The lowest BCUT2D eigenvalue weighted by molar-refractivity contribution is -0.154. The first-order valence-corrected chi connectivity index (χ1v) is 7.37. The predicted octanol–water partition coefficient (Wildman–Crippen LogP) is 2.19. The van der Waals surface area contributed by atoms with E-state index in [2.05, 4.69) is 19.7 Å². The molecule has 0 saturated heterocycles.